The van der Waals surface area contributed by atoms with Crippen molar-refractivity contribution in [2.24, 2.45) is 0 Å². The Labute approximate surface area is 119 Å². The van der Waals surface area contributed by atoms with Gasteiger partial charge in [-0.05, 0) is 12.1 Å². The molecule has 7 nitrogen and oxygen atoms in total. The summed E-state index contributed by atoms with van der Waals surface area (Å²) in [7, 11) is 0. The highest BCUT2D eigenvalue weighted by Crippen LogP contribution is 2.33. The Bertz CT molecular complexity index is 454. The number of aliphatic hydroxyl groups excluding tert-OH is 4. The van der Waals surface area contributed by atoms with Crippen LogP contribution in [0.1, 0.15) is 0 Å². The number of ether oxygens (including phenoxy) is 1. The highest BCUT2D eigenvalue weighted by molar-refractivity contribution is 7.99. The summed E-state index contributed by atoms with van der Waals surface area (Å²) in [4.78, 5) is 11.2. The second-order valence-electron chi connectivity index (χ2n) is 4.44. The maximum absolute atomic E-state index is 10.4. The molecular formula is C12H16NO6S+. The normalized spacial score (nSPS) is 33.9. The van der Waals surface area contributed by atoms with Gasteiger partial charge in [0.15, 0.2) is 0 Å². The molecule has 110 valence electrons. The standard InChI is InChI=1S/C12H15NO6S/c14-5-8-9(15)10(16)11(17)12(19-8)20-7-3-1-6(13-18)2-4-7/h1-4,8-12,14-17H,5H2/p+1/t8-,9+,10+,11-,12+/m1/s1. The van der Waals surface area contributed by atoms with Crippen molar-refractivity contribution in [1.82, 2.24) is 0 Å². The average Bonchev–Trinajstić information content (AvgIpc) is 2.48. The van der Waals surface area contributed by atoms with Gasteiger partial charge in [-0.2, -0.15) is 0 Å². The van der Waals surface area contributed by atoms with E-state index in [2.05, 4.69) is 0 Å². The van der Waals surface area contributed by atoms with Gasteiger partial charge in [-0.15, -0.1) is 0 Å². The number of aliphatic hydroxyl groups is 4. The molecule has 1 aromatic rings. The van der Waals surface area contributed by atoms with E-state index in [9.17, 15) is 20.2 Å². The zero-order valence-corrected chi connectivity index (χ0v) is 11.2. The monoisotopic (exact) mass is 302 g/mol. The Morgan fingerprint density at radius 1 is 1.10 bits per heavy atom. The van der Waals surface area contributed by atoms with E-state index >= 15 is 0 Å². The maximum atomic E-state index is 10.4. The highest BCUT2D eigenvalue weighted by atomic mass is 32.2. The van der Waals surface area contributed by atoms with Crippen LogP contribution in [0.2, 0.25) is 0 Å². The van der Waals surface area contributed by atoms with Gasteiger partial charge in [0.05, 0.1) is 6.61 Å². The first-order valence-corrected chi connectivity index (χ1v) is 6.90. The summed E-state index contributed by atoms with van der Waals surface area (Å²) in [6, 6.07) is 6.46. The molecule has 0 bridgehead atoms. The Morgan fingerprint density at radius 3 is 2.30 bits per heavy atom. The molecule has 0 aliphatic carbocycles. The fraction of sp³-hybridized carbons (Fsp3) is 0.500. The lowest BCUT2D eigenvalue weighted by atomic mass is 10.0. The zero-order chi connectivity index (χ0) is 14.7. The topological polar surface area (TPSA) is 121 Å². The minimum Gasteiger partial charge on any atom is -0.394 e. The number of nitroso groups, excluding NO2 is 1. The van der Waals surface area contributed by atoms with Crippen LogP contribution in [0.25, 0.3) is 0 Å². The first-order chi connectivity index (χ1) is 9.56. The van der Waals surface area contributed by atoms with Crippen LogP contribution in [0.5, 0.6) is 0 Å². The van der Waals surface area contributed by atoms with Crippen molar-refractivity contribution in [3.05, 3.63) is 29.2 Å². The zero-order valence-electron chi connectivity index (χ0n) is 10.4. The molecule has 1 aliphatic rings. The number of hydrogen-bond donors (Lipinski definition) is 5. The summed E-state index contributed by atoms with van der Waals surface area (Å²) in [6.45, 7) is -0.457. The van der Waals surface area contributed by atoms with Crippen molar-refractivity contribution in [1.29, 1.82) is 0 Å². The third-order valence-corrected chi connectivity index (χ3v) is 4.24. The third-order valence-electron chi connectivity index (χ3n) is 3.07. The summed E-state index contributed by atoms with van der Waals surface area (Å²) in [5, 5.41) is 40.1. The number of thioether (sulfide) groups is 1. The van der Waals surface area contributed by atoms with Crippen LogP contribution in [-0.4, -0.2) is 56.9 Å². The molecule has 5 N–H and O–H groups in total. The van der Waals surface area contributed by atoms with E-state index in [0.717, 1.165) is 11.8 Å². The van der Waals surface area contributed by atoms with Gasteiger partial charge in [0, 0.05) is 27.1 Å². The Morgan fingerprint density at radius 2 is 1.75 bits per heavy atom. The highest BCUT2D eigenvalue weighted by Gasteiger charge is 2.43. The van der Waals surface area contributed by atoms with Crippen molar-refractivity contribution in [3.63, 3.8) is 0 Å². The van der Waals surface area contributed by atoms with Gasteiger partial charge < -0.3 is 25.2 Å². The minimum absolute atomic E-state index is 0.406. The van der Waals surface area contributed by atoms with Gasteiger partial charge in [-0.1, -0.05) is 11.8 Å². The maximum Gasteiger partial charge on any atom is 0.253 e. The van der Waals surface area contributed by atoms with Crippen LogP contribution in [0.4, 0.5) is 5.69 Å². The Hall–Kier alpha value is -1.03. The van der Waals surface area contributed by atoms with Gasteiger partial charge >= 0.3 is 0 Å². The first kappa shape index (κ1) is 15.4. The van der Waals surface area contributed by atoms with Crippen LogP contribution >= 0.6 is 11.8 Å². The molecule has 1 aromatic carbocycles. The molecule has 8 heteroatoms. The summed E-state index contributed by atoms with van der Waals surface area (Å²) in [5.74, 6) is 0. The predicted molar refractivity (Wildman–Crippen MR) is 70.1 cm³/mol. The van der Waals surface area contributed by atoms with Crippen LogP contribution in [-0.2, 0) is 4.74 Å². The van der Waals surface area contributed by atoms with Gasteiger partial charge in [-0.3, -0.25) is 0 Å². The molecule has 0 amide bonds. The Kier molecular flexibility index (Phi) is 5.08. The third kappa shape index (κ3) is 3.17. The van der Waals surface area contributed by atoms with Crippen LogP contribution in [0.15, 0.2) is 29.2 Å². The lowest BCUT2D eigenvalue weighted by Crippen LogP contribution is -2.57. The molecule has 0 saturated carbocycles. The van der Waals surface area contributed by atoms with E-state index in [-0.39, 0.29) is 0 Å². The van der Waals surface area contributed by atoms with E-state index in [0.29, 0.717) is 10.6 Å². The van der Waals surface area contributed by atoms with Gasteiger partial charge in [0.1, 0.15) is 29.9 Å². The largest absolute Gasteiger partial charge is 0.394 e. The second-order valence-corrected chi connectivity index (χ2v) is 5.61. The average molecular weight is 302 g/mol. The summed E-state index contributed by atoms with van der Waals surface area (Å²) in [5.41, 5.74) is -0.417. The molecule has 0 radical (unpaired) electrons. The molecule has 1 aliphatic heterocycles. The molecule has 2 rings (SSSR count). The van der Waals surface area contributed by atoms with Gasteiger partial charge in [0.25, 0.3) is 5.69 Å². The Balaban J connectivity index is 2.08. The van der Waals surface area contributed by atoms with Gasteiger partial charge in [-0.25, -0.2) is 0 Å². The molecule has 1 fully saturated rings. The van der Waals surface area contributed by atoms with Crippen molar-refractivity contribution in [3.8, 4) is 0 Å². The predicted octanol–water partition coefficient (Wildman–Crippen LogP) is -1.94. The summed E-state index contributed by atoms with van der Waals surface area (Å²) < 4.78 is 5.37. The fourth-order valence-corrected chi connectivity index (χ4v) is 2.96. The van der Waals surface area contributed by atoms with Crippen molar-refractivity contribution in [2.45, 2.75) is 34.7 Å². The molecular weight excluding hydrogens is 286 g/mol. The minimum atomic E-state index is -1.39. The SMILES string of the molecule is O=[NH+]c1ccc(S[C@@H]2O[C@H](CO)[C@H](O)[C@H](O)[C@H]2O)cc1. The van der Waals surface area contributed by atoms with E-state index in [4.69, 9.17) is 9.84 Å². The summed E-state index contributed by atoms with van der Waals surface area (Å²) >= 11 is 1.13. The van der Waals surface area contributed by atoms with E-state index in [1.165, 1.54) is 0 Å². The molecule has 5 atom stereocenters. The second kappa shape index (κ2) is 6.61. The van der Waals surface area contributed by atoms with Crippen LogP contribution < -0.4 is 5.18 Å². The number of benzene rings is 1. The fourth-order valence-electron chi connectivity index (χ4n) is 1.90. The summed E-state index contributed by atoms with van der Waals surface area (Å²) in [6.07, 6.45) is -4.96. The molecule has 1 saturated heterocycles. The van der Waals surface area contributed by atoms with Crippen molar-refractivity contribution >= 4 is 17.4 Å². The molecule has 0 spiro atoms. The molecule has 20 heavy (non-hydrogen) atoms. The van der Waals surface area contributed by atoms with E-state index < -0.39 is 36.5 Å². The molecule has 0 unspecified atom stereocenters. The molecule has 0 aromatic heterocycles. The molecule has 1 heterocycles. The smallest absolute Gasteiger partial charge is 0.253 e. The lowest BCUT2D eigenvalue weighted by molar-refractivity contribution is -0.379. The van der Waals surface area contributed by atoms with Crippen molar-refractivity contribution in [2.75, 3.05) is 6.61 Å². The van der Waals surface area contributed by atoms with Crippen LogP contribution in [0, 0.1) is 4.91 Å². The van der Waals surface area contributed by atoms with Gasteiger partial charge in [0.2, 0.25) is 0 Å². The lowest BCUT2D eigenvalue weighted by Gasteiger charge is -2.39. The van der Waals surface area contributed by atoms with E-state index in [1.807, 2.05) is 0 Å². The number of nitrogens with one attached hydrogen (secondary N) is 1. The van der Waals surface area contributed by atoms with Crippen molar-refractivity contribution < 1.29 is 30.3 Å². The van der Waals surface area contributed by atoms with Crippen LogP contribution in [0.3, 0.4) is 0 Å². The number of rotatable bonds is 4. The first-order valence-electron chi connectivity index (χ1n) is 6.02. The van der Waals surface area contributed by atoms with E-state index in [1.54, 1.807) is 29.4 Å². The number of hydrogen-bond acceptors (Lipinski definition) is 7. The quantitative estimate of drug-likeness (QED) is 0.438.